The SMILES string of the molecule is C\C=C(/C=N\C(NCC1C(C)CC(F)(F)CN1C(=O)C(N)=C(C=NCC)C1N=CC=CN1)=C(\C)CC)C(F)(F)F. The first-order valence-corrected chi connectivity index (χ1v) is 13.1. The number of carbonyl (C=O) groups excluding carboxylic acids is 1. The average Bonchev–Trinajstić information content (AvgIpc) is 2.89. The maximum Gasteiger partial charge on any atom is 0.417 e. The van der Waals surface area contributed by atoms with Crippen molar-refractivity contribution >= 4 is 24.6 Å². The van der Waals surface area contributed by atoms with E-state index in [1.807, 2.05) is 6.92 Å². The predicted molar refractivity (Wildman–Crippen MR) is 148 cm³/mol. The molecule has 0 saturated carbocycles. The molecule has 8 nitrogen and oxygen atoms in total. The second-order valence-corrected chi connectivity index (χ2v) is 9.62. The molecule has 2 aliphatic heterocycles. The Labute approximate surface area is 231 Å². The van der Waals surface area contributed by atoms with E-state index in [-0.39, 0.29) is 23.6 Å². The number of alkyl halides is 5. The van der Waals surface area contributed by atoms with E-state index in [1.54, 1.807) is 33.0 Å². The third-order valence-electron chi connectivity index (χ3n) is 6.65. The summed E-state index contributed by atoms with van der Waals surface area (Å²) in [5.41, 5.74) is 5.96. The van der Waals surface area contributed by atoms with Gasteiger partial charge in [0.2, 0.25) is 0 Å². The van der Waals surface area contributed by atoms with Crippen molar-refractivity contribution in [3.05, 3.63) is 46.6 Å². The van der Waals surface area contributed by atoms with Crippen LogP contribution in [0.2, 0.25) is 0 Å². The molecule has 1 fully saturated rings. The van der Waals surface area contributed by atoms with Crippen LogP contribution in [-0.2, 0) is 4.79 Å². The highest BCUT2D eigenvalue weighted by Crippen LogP contribution is 2.35. The lowest BCUT2D eigenvalue weighted by Crippen LogP contribution is -2.59. The van der Waals surface area contributed by atoms with Crippen LogP contribution in [0.5, 0.6) is 0 Å². The molecule has 0 aromatic heterocycles. The van der Waals surface area contributed by atoms with Crippen molar-refractivity contribution in [2.75, 3.05) is 19.6 Å². The molecule has 2 rings (SSSR count). The Morgan fingerprint density at radius 2 is 2.00 bits per heavy atom. The van der Waals surface area contributed by atoms with Gasteiger partial charge in [0.15, 0.2) is 0 Å². The van der Waals surface area contributed by atoms with Gasteiger partial charge in [0.05, 0.1) is 18.2 Å². The number of amides is 1. The molecule has 1 saturated heterocycles. The fraction of sp³-hybridized carbons (Fsp3) is 0.556. The van der Waals surface area contributed by atoms with E-state index in [2.05, 4.69) is 25.6 Å². The number of rotatable bonds is 10. The zero-order valence-corrected chi connectivity index (χ0v) is 23.4. The van der Waals surface area contributed by atoms with E-state index >= 15 is 0 Å². The standard InChI is InChI=1S/C27H38F5N7O/c1-6-17(4)23(37-13-19(7-2)27(30,31)32)38-15-21-18(5)12-26(28,29)16-39(21)25(40)22(33)20(14-34-8-3)24-35-10-9-11-36-24/h7,9-11,13-14,18,21,24,35,38H,6,8,12,15-16,33H2,1-5H3/b19-7+,22-20?,23-17+,34-14?,37-13-. The number of nitrogens with two attached hydrogens (primary N) is 1. The number of allylic oxidation sites excluding steroid dienone is 4. The fourth-order valence-electron chi connectivity index (χ4n) is 4.29. The number of aliphatic imine (C=N–C) groups is 3. The molecule has 4 N–H and O–H groups in total. The molecule has 0 radical (unpaired) electrons. The molecular weight excluding hydrogens is 533 g/mol. The van der Waals surface area contributed by atoms with E-state index in [4.69, 9.17) is 5.73 Å². The van der Waals surface area contributed by atoms with Crippen LogP contribution in [0, 0.1) is 5.92 Å². The number of nitrogens with zero attached hydrogens (tertiary/aromatic N) is 4. The van der Waals surface area contributed by atoms with E-state index < -0.39 is 54.7 Å². The molecule has 0 spiro atoms. The maximum atomic E-state index is 14.7. The lowest BCUT2D eigenvalue weighted by atomic mass is 9.88. The van der Waals surface area contributed by atoms with E-state index in [1.165, 1.54) is 19.4 Å². The van der Waals surface area contributed by atoms with Crippen molar-refractivity contribution in [2.45, 2.75) is 71.8 Å². The Morgan fingerprint density at radius 3 is 2.55 bits per heavy atom. The highest BCUT2D eigenvalue weighted by molar-refractivity contribution is 6.00. The molecule has 2 heterocycles. The van der Waals surface area contributed by atoms with Gasteiger partial charge in [-0.3, -0.25) is 14.8 Å². The molecule has 13 heteroatoms. The largest absolute Gasteiger partial charge is 0.417 e. The molecule has 0 aliphatic carbocycles. The number of hydrogen-bond donors (Lipinski definition) is 3. The summed E-state index contributed by atoms with van der Waals surface area (Å²) in [6.45, 7) is 7.67. The van der Waals surface area contributed by atoms with Gasteiger partial charge in [-0.25, -0.2) is 13.8 Å². The molecule has 2 aliphatic rings. The van der Waals surface area contributed by atoms with Gasteiger partial charge in [-0.05, 0) is 51.0 Å². The van der Waals surface area contributed by atoms with E-state index in [9.17, 15) is 26.7 Å². The van der Waals surface area contributed by atoms with Crippen molar-refractivity contribution in [3.63, 3.8) is 0 Å². The van der Waals surface area contributed by atoms with Crippen LogP contribution in [0.4, 0.5) is 22.0 Å². The molecule has 3 atom stereocenters. The van der Waals surface area contributed by atoms with Gasteiger partial charge in [-0.1, -0.05) is 19.9 Å². The van der Waals surface area contributed by atoms with E-state index in [0.29, 0.717) is 18.5 Å². The zero-order chi connectivity index (χ0) is 30.1. The first-order valence-electron chi connectivity index (χ1n) is 13.1. The summed E-state index contributed by atoms with van der Waals surface area (Å²) in [4.78, 5) is 27.1. The predicted octanol–water partition coefficient (Wildman–Crippen LogP) is 4.49. The van der Waals surface area contributed by atoms with Crippen LogP contribution < -0.4 is 16.4 Å². The Bertz CT molecular complexity index is 1120. The Hall–Kier alpha value is -3.51. The summed E-state index contributed by atoms with van der Waals surface area (Å²) in [6, 6.07) is -0.753. The summed E-state index contributed by atoms with van der Waals surface area (Å²) in [7, 11) is 0. The lowest BCUT2D eigenvalue weighted by Gasteiger charge is -2.43. The van der Waals surface area contributed by atoms with Crippen LogP contribution in [-0.4, -0.2) is 73.4 Å². The number of piperidine rings is 1. The average molecular weight is 572 g/mol. The highest BCUT2D eigenvalue weighted by Gasteiger charge is 2.46. The molecule has 0 bridgehead atoms. The molecular formula is C27H38F5N7O. The van der Waals surface area contributed by atoms with Gasteiger partial charge in [0.1, 0.15) is 17.7 Å². The summed E-state index contributed by atoms with van der Waals surface area (Å²) in [5.74, 6) is -4.45. The number of carbonyl (C=O) groups is 1. The van der Waals surface area contributed by atoms with Gasteiger partial charge in [0.25, 0.3) is 11.8 Å². The Kier molecular flexibility index (Phi) is 11.6. The molecule has 0 aromatic carbocycles. The Morgan fingerprint density at radius 1 is 1.30 bits per heavy atom. The first-order chi connectivity index (χ1) is 18.8. The van der Waals surface area contributed by atoms with Crippen LogP contribution >= 0.6 is 0 Å². The third kappa shape index (κ3) is 8.75. The monoisotopic (exact) mass is 571 g/mol. The van der Waals surface area contributed by atoms with Crippen LogP contribution in [0.25, 0.3) is 0 Å². The smallest absolute Gasteiger partial charge is 0.394 e. The van der Waals surface area contributed by atoms with Crippen molar-refractivity contribution in [2.24, 2.45) is 26.6 Å². The summed E-state index contributed by atoms with van der Waals surface area (Å²) in [5, 5.41) is 5.95. The van der Waals surface area contributed by atoms with Crippen molar-refractivity contribution in [3.8, 4) is 0 Å². The molecule has 222 valence electrons. The second-order valence-electron chi connectivity index (χ2n) is 9.62. The number of likely N-dealkylation sites (tertiary alicyclic amines) is 1. The van der Waals surface area contributed by atoms with Crippen molar-refractivity contribution in [1.29, 1.82) is 0 Å². The summed E-state index contributed by atoms with van der Waals surface area (Å²) < 4.78 is 69.0. The van der Waals surface area contributed by atoms with Crippen molar-refractivity contribution < 1.29 is 26.7 Å². The van der Waals surface area contributed by atoms with Gasteiger partial charge < -0.3 is 21.3 Å². The second kappa shape index (κ2) is 14.2. The minimum atomic E-state index is -4.58. The topological polar surface area (TPSA) is 107 Å². The molecule has 40 heavy (non-hydrogen) atoms. The van der Waals surface area contributed by atoms with Gasteiger partial charge >= 0.3 is 6.18 Å². The fourth-order valence-corrected chi connectivity index (χ4v) is 4.29. The van der Waals surface area contributed by atoms with Crippen molar-refractivity contribution in [1.82, 2.24) is 15.5 Å². The lowest BCUT2D eigenvalue weighted by molar-refractivity contribution is -0.148. The van der Waals surface area contributed by atoms with Gasteiger partial charge in [-0.2, -0.15) is 13.2 Å². The quantitative estimate of drug-likeness (QED) is 0.204. The normalized spacial score (nSPS) is 24.7. The minimum absolute atomic E-state index is 0.0293. The molecule has 1 amide bonds. The van der Waals surface area contributed by atoms with E-state index in [0.717, 1.165) is 17.2 Å². The van der Waals surface area contributed by atoms with Gasteiger partial charge in [0, 0.05) is 43.7 Å². The molecule has 3 unspecified atom stereocenters. The molecule has 0 aromatic rings. The van der Waals surface area contributed by atoms with Crippen LogP contribution in [0.15, 0.2) is 61.6 Å². The summed E-state index contributed by atoms with van der Waals surface area (Å²) >= 11 is 0. The van der Waals surface area contributed by atoms with Crippen LogP contribution in [0.3, 0.4) is 0 Å². The third-order valence-corrected chi connectivity index (χ3v) is 6.65. The number of hydrogen-bond acceptors (Lipinski definition) is 7. The van der Waals surface area contributed by atoms with Gasteiger partial charge in [-0.15, -0.1) is 0 Å². The highest BCUT2D eigenvalue weighted by atomic mass is 19.4. The Balaban J connectivity index is 2.42. The number of halogens is 5. The maximum absolute atomic E-state index is 14.7. The number of nitrogens with one attached hydrogen (secondary N) is 2. The first kappa shape index (κ1) is 32.7. The zero-order valence-electron chi connectivity index (χ0n) is 23.4. The summed E-state index contributed by atoms with van der Waals surface area (Å²) in [6.07, 6.45) is 2.52. The van der Waals surface area contributed by atoms with Crippen LogP contribution in [0.1, 0.15) is 47.5 Å². The minimum Gasteiger partial charge on any atom is -0.394 e.